The summed E-state index contributed by atoms with van der Waals surface area (Å²) in [6.45, 7) is 0.834. The number of amides is 1. The molecule has 6 rings (SSSR count). The van der Waals surface area contributed by atoms with Gasteiger partial charge in [-0.3, -0.25) is 4.79 Å². The van der Waals surface area contributed by atoms with Gasteiger partial charge < -0.3 is 10.2 Å². The van der Waals surface area contributed by atoms with Crippen LogP contribution in [-0.4, -0.2) is 38.1 Å². The molecule has 188 valence electrons. The Bertz CT molecular complexity index is 1590. The van der Waals surface area contributed by atoms with E-state index in [2.05, 4.69) is 54.0 Å². The predicted molar refractivity (Wildman–Crippen MR) is 143 cm³/mol. The van der Waals surface area contributed by atoms with Crippen molar-refractivity contribution in [2.45, 2.75) is 19.3 Å². The van der Waals surface area contributed by atoms with Crippen molar-refractivity contribution in [2.24, 2.45) is 0 Å². The highest BCUT2D eigenvalue weighted by atomic mass is 19.1. The van der Waals surface area contributed by atoms with Crippen LogP contribution in [0.15, 0.2) is 85.1 Å². The summed E-state index contributed by atoms with van der Waals surface area (Å²) in [5.74, 6) is -0.300. The summed E-state index contributed by atoms with van der Waals surface area (Å²) in [4.78, 5) is 19.1. The first kappa shape index (κ1) is 23.5. The number of nitrogens with one attached hydrogen (secondary N) is 2. The topological polar surface area (TPSA) is 99.7 Å². The Hall–Kier alpha value is -4.92. The molecule has 3 aromatic carbocycles. The molecule has 5 aromatic rings. The summed E-state index contributed by atoms with van der Waals surface area (Å²) in [7, 11) is 0. The summed E-state index contributed by atoms with van der Waals surface area (Å²) >= 11 is 0. The molecule has 2 aromatic heterocycles. The van der Waals surface area contributed by atoms with Gasteiger partial charge in [-0.25, -0.2) is 4.98 Å². The molecule has 0 spiro atoms. The second kappa shape index (κ2) is 10.2. The van der Waals surface area contributed by atoms with Gasteiger partial charge in [0.15, 0.2) is 0 Å². The molecule has 1 amide bonds. The number of benzene rings is 3. The van der Waals surface area contributed by atoms with E-state index in [1.165, 1.54) is 17.8 Å². The fourth-order valence-corrected chi connectivity index (χ4v) is 4.92. The van der Waals surface area contributed by atoms with Gasteiger partial charge in [-0.2, -0.15) is 9.60 Å². The van der Waals surface area contributed by atoms with Crippen molar-refractivity contribution in [3.05, 3.63) is 102 Å². The Balaban J connectivity index is 1.41. The Morgan fingerprint density at radius 3 is 2.63 bits per heavy atom. The second-order valence-electron chi connectivity index (χ2n) is 9.11. The predicted octanol–water partition coefficient (Wildman–Crippen LogP) is 5.33. The molecule has 3 heterocycles. The zero-order valence-corrected chi connectivity index (χ0v) is 20.4. The number of rotatable bonds is 6. The van der Waals surface area contributed by atoms with Gasteiger partial charge in [-0.05, 0) is 64.6 Å². The lowest BCUT2D eigenvalue weighted by molar-refractivity contribution is -0.115. The highest BCUT2D eigenvalue weighted by Crippen LogP contribution is 2.40. The van der Waals surface area contributed by atoms with Crippen molar-refractivity contribution in [1.82, 2.24) is 25.6 Å². The lowest BCUT2D eigenvalue weighted by Crippen LogP contribution is -2.26. The molecular formula is C29H24FN7O. The summed E-state index contributed by atoms with van der Waals surface area (Å²) in [6, 6.07) is 25.1. The molecule has 1 aliphatic heterocycles. The smallest absolute Gasteiger partial charge is 0.228 e. The van der Waals surface area contributed by atoms with E-state index in [1.54, 1.807) is 6.07 Å². The number of halogens is 1. The highest BCUT2D eigenvalue weighted by molar-refractivity contribution is 5.98. The number of aromatic amines is 1. The third kappa shape index (κ3) is 4.73. The van der Waals surface area contributed by atoms with E-state index in [0.717, 1.165) is 47.5 Å². The quantitative estimate of drug-likeness (QED) is 0.303. The van der Waals surface area contributed by atoms with Crippen LogP contribution in [0, 0.1) is 5.95 Å². The maximum Gasteiger partial charge on any atom is 0.228 e. The van der Waals surface area contributed by atoms with E-state index >= 15 is 0 Å². The second-order valence-corrected chi connectivity index (χ2v) is 9.11. The minimum absolute atomic E-state index is 0.0764. The number of hydrogen-bond donors (Lipinski definition) is 2. The summed E-state index contributed by atoms with van der Waals surface area (Å²) in [5.41, 5.74) is 7.28. The van der Waals surface area contributed by atoms with Crippen LogP contribution in [0.1, 0.15) is 17.5 Å². The zero-order valence-electron chi connectivity index (χ0n) is 20.4. The van der Waals surface area contributed by atoms with Gasteiger partial charge in [-0.15, -0.1) is 10.2 Å². The van der Waals surface area contributed by atoms with E-state index < -0.39 is 5.95 Å². The number of carbonyl (C=O) groups is 1. The number of carbonyl (C=O) groups excluding carboxylic acids is 1. The average molecular weight is 506 g/mol. The van der Waals surface area contributed by atoms with Crippen LogP contribution in [-0.2, 0) is 17.6 Å². The third-order valence-electron chi connectivity index (χ3n) is 6.65. The lowest BCUT2D eigenvalue weighted by Gasteiger charge is -2.33. The van der Waals surface area contributed by atoms with Crippen molar-refractivity contribution in [3.63, 3.8) is 0 Å². The number of para-hydroxylation sites is 1. The fourth-order valence-electron chi connectivity index (χ4n) is 4.92. The Kier molecular flexibility index (Phi) is 6.31. The molecule has 0 aliphatic carbocycles. The monoisotopic (exact) mass is 505 g/mol. The first-order valence-corrected chi connectivity index (χ1v) is 12.4. The third-order valence-corrected chi connectivity index (χ3v) is 6.65. The van der Waals surface area contributed by atoms with Crippen molar-refractivity contribution < 1.29 is 9.18 Å². The minimum Gasteiger partial charge on any atom is -0.340 e. The number of H-pyrrole nitrogens is 1. The minimum atomic E-state index is -0.576. The Morgan fingerprint density at radius 1 is 0.974 bits per heavy atom. The largest absolute Gasteiger partial charge is 0.340 e. The van der Waals surface area contributed by atoms with Gasteiger partial charge in [-0.1, -0.05) is 54.6 Å². The van der Waals surface area contributed by atoms with Crippen LogP contribution >= 0.6 is 0 Å². The van der Waals surface area contributed by atoms with Gasteiger partial charge in [0.2, 0.25) is 17.7 Å². The number of tetrazole rings is 1. The zero-order chi connectivity index (χ0) is 25.9. The van der Waals surface area contributed by atoms with Crippen LogP contribution in [0.5, 0.6) is 0 Å². The van der Waals surface area contributed by atoms with Crippen LogP contribution in [0.25, 0.3) is 22.5 Å². The lowest BCUT2D eigenvalue weighted by atomic mass is 9.96. The maximum absolute atomic E-state index is 13.3. The molecular weight excluding hydrogens is 481 g/mol. The molecule has 0 saturated carbocycles. The van der Waals surface area contributed by atoms with E-state index in [4.69, 9.17) is 0 Å². The van der Waals surface area contributed by atoms with E-state index in [1.807, 2.05) is 48.5 Å². The van der Waals surface area contributed by atoms with Crippen LogP contribution in [0.3, 0.4) is 0 Å². The highest BCUT2D eigenvalue weighted by Gasteiger charge is 2.22. The molecule has 8 nitrogen and oxygen atoms in total. The number of aromatic nitrogens is 5. The van der Waals surface area contributed by atoms with Gasteiger partial charge in [0, 0.05) is 24.0 Å². The average Bonchev–Trinajstić information content (AvgIpc) is 3.49. The standard InChI is InChI=1S/C29H24FN7O/c30-27-14-11-19(18-31-27)16-28(38)32-24-17-21(22-8-2-3-9-23(22)29-33-35-36-34-29)12-13-26(24)37-15-5-7-20-6-1-4-10-25(20)37/h1-4,6,8-14,17-18H,5,7,15-16H2,(H,32,38)(H,33,34,35,36). The molecule has 0 radical (unpaired) electrons. The molecule has 0 bridgehead atoms. The number of pyridine rings is 1. The van der Waals surface area contributed by atoms with Crippen LogP contribution in [0.2, 0.25) is 0 Å². The van der Waals surface area contributed by atoms with Crippen molar-refractivity contribution in [2.75, 3.05) is 16.8 Å². The molecule has 9 heteroatoms. The summed E-state index contributed by atoms with van der Waals surface area (Å²) < 4.78 is 13.3. The first-order valence-electron chi connectivity index (χ1n) is 12.4. The normalized spacial score (nSPS) is 12.7. The number of fused-ring (bicyclic) bond motifs is 1. The van der Waals surface area contributed by atoms with Crippen molar-refractivity contribution >= 4 is 23.0 Å². The molecule has 38 heavy (non-hydrogen) atoms. The Labute approximate surface area is 218 Å². The van der Waals surface area contributed by atoms with Gasteiger partial charge >= 0.3 is 0 Å². The summed E-state index contributed by atoms with van der Waals surface area (Å²) in [5, 5.41) is 17.6. The Morgan fingerprint density at radius 2 is 1.82 bits per heavy atom. The number of nitrogens with zero attached hydrogens (tertiary/aromatic N) is 5. The molecule has 0 saturated heterocycles. The summed E-state index contributed by atoms with van der Waals surface area (Å²) in [6.07, 6.45) is 3.48. The maximum atomic E-state index is 13.3. The molecule has 0 atom stereocenters. The van der Waals surface area contributed by atoms with Crippen LogP contribution < -0.4 is 10.2 Å². The van der Waals surface area contributed by atoms with Crippen LogP contribution in [0.4, 0.5) is 21.5 Å². The van der Waals surface area contributed by atoms with E-state index in [0.29, 0.717) is 17.1 Å². The van der Waals surface area contributed by atoms with Crippen molar-refractivity contribution in [1.29, 1.82) is 0 Å². The SMILES string of the molecule is O=C(Cc1ccc(F)nc1)Nc1cc(-c2ccccc2-c2nn[nH]n2)ccc1N1CCCc2ccccc21. The molecule has 0 fully saturated rings. The van der Waals surface area contributed by atoms with E-state index in [9.17, 15) is 9.18 Å². The number of anilines is 3. The molecule has 2 N–H and O–H groups in total. The number of aryl methyl sites for hydroxylation is 1. The van der Waals surface area contributed by atoms with Gasteiger partial charge in [0.05, 0.1) is 17.8 Å². The van der Waals surface area contributed by atoms with E-state index in [-0.39, 0.29) is 12.3 Å². The van der Waals surface area contributed by atoms with Gasteiger partial charge in [0.25, 0.3) is 0 Å². The first-order chi connectivity index (χ1) is 18.7. The van der Waals surface area contributed by atoms with Gasteiger partial charge in [0.1, 0.15) is 0 Å². The number of hydrogen-bond acceptors (Lipinski definition) is 6. The molecule has 1 aliphatic rings. The van der Waals surface area contributed by atoms with Crippen molar-refractivity contribution in [3.8, 4) is 22.5 Å². The fraction of sp³-hybridized carbons (Fsp3) is 0.138. The molecule has 0 unspecified atom stereocenters.